The maximum absolute atomic E-state index is 6.10. The van der Waals surface area contributed by atoms with Crippen molar-refractivity contribution < 1.29 is 4.74 Å². The van der Waals surface area contributed by atoms with Crippen LogP contribution in [0.5, 0.6) is 5.75 Å². The second-order valence-electron chi connectivity index (χ2n) is 6.39. The Morgan fingerprint density at radius 2 is 1.87 bits per heavy atom. The summed E-state index contributed by atoms with van der Waals surface area (Å²) in [6, 6.07) is 6.07. The van der Waals surface area contributed by atoms with Gasteiger partial charge < -0.3 is 10.1 Å². The van der Waals surface area contributed by atoms with E-state index in [1.807, 2.05) is 6.07 Å². The van der Waals surface area contributed by atoms with Crippen molar-refractivity contribution >= 4 is 35.6 Å². The van der Waals surface area contributed by atoms with Gasteiger partial charge in [-0.1, -0.05) is 23.2 Å². The Balaban J connectivity index is 0.00000192. The van der Waals surface area contributed by atoms with Gasteiger partial charge in [0.15, 0.2) is 0 Å². The zero-order valence-corrected chi connectivity index (χ0v) is 15.6. The first kappa shape index (κ1) is 19.1. The van der Waals surface area contributed by atoms with E-state index in [9.17, 15) is 0 Å². The van der Waals surface area contributed by atoms with Crippen LogP contribution in [-0.4, -0.2) is 43.7 Å². The monoisotopic (exact) mass is 378 g/mol. The Morgan fingerprint density at radius 3 is 2.52 bits per heavy atom. The number of likely N-dealkylation sites (tertiary alicyclic amines) is 1. The molecule has 1 saturated heterocycles. The van der Waals surface area contributed by atoms with Crippen LogP contribution in [0.3, 0.4) is 0 Å². The molecule has 130 valence electrons. The molecule has 2 fully saturated rings. The minimum absolute atomic E-state index is 0. The number of benzene rings is 1. The first-order valence-electron chi connectivity index (χ1n) is 8.24. The lowest BCUT2D eigenvalue weighted by Gasteiger charge is -2.32. The number of piperidine rings is 1. The smallest absolute Gasteiger partial charge is 0.138 e. The summed E-state index contributed by atoms with van der Waals surface area (Å²) in [4.78, 5) is 2.47. The van der Waals surface area contributed by atoms with E-state index in [2.05, 4.69) is 10.2 Å². The van der Waals surface area contributed by atoms with Crippen molar-refractivity contribution in [3.63, 3.8) is 0 Å². The van der Waals surface area contributed by atoms with Crippen molar-refractivity contribution in [1.29, 1.82) is 0 Å². The van der Waals surface area contributed by atoms with Gasteiger partial charge in [0, 0.05) is 17.6 Å². The lowest BCUT2D eigenvalue weighted by molar-refractivity contribution is 0.164. The molecule has 6 heteroatoms. The second kappa shape index (κ2) is 9.33. The molecule has 1 heterocycles. The molecule has 3 rings (SSSR count). The molecule has 0 atom stereocenters. The molecule has 0 aromatic heterocycles. The maximum Gasteiger partial charge on any atom is 0.138 e. The lowest BCUT2D eigenvalue weighted by atomic mass is 10.0. The quantitative estimate of drug-likeness (QED) is 0.766. The van der Waals surface area contributed by atoms with E-state index in [4.69, 9.17) is 27.9 Å². The van der Waals surface area contributed by atoms with E-state index < -0.39 is 0 Å². The zero-order chi connectivity index (χ0) is 15.4. The van der Waals surface area contributed by atoms with E-state index in [-0.39, 0.29) is 12.4 Å². The van der Waals surface area contributed by atoms with E-state index in [1.54, 1.807) is 12.1 Å². The van der Waals surface area contributed by atoms with Gasteiger partial charge in [0.1, 0.15) is 12.4 Å². The van der Waals surface area contributed by atoms with Crippen molar-refractivity contribution in [1.82, 2.24) is 10.2 Å². The zero-order valence-electron chi connectivity index (χ0n) is 13.3. The lowest BCUT2D eigenvalue weighted by Crippen LogP contribution is -2.44. The van der Waals surface area contributed by atoms with Crippen molar-refractivity contribution in [2.45, 2.75) is 31.7 Å². The van der Waals surface area contributed by atoms with Crippen LogP contribution in [0.1, 0.15) is 25.7 Å². The molecule has 0 spiro atoms. The Labute approximate surface area is 155 Å². The average molecular weight is 380 g/mol. The molecule has 1 aliphatic carbocycles. The van der Waals surface area contributed by atoms with Crippen LogP contribution in [-0.2, 0) is 0 Å². The normalized spacial score (nSPS) is 19.4. The summed E-state index contributed by atoms with van der Waals surface area (Å²) in [7, 11) is 0. The molecule has 23 heavy (non-hydrogen) atoms. The molecule has 1 saturated carbocycles. The first-order valence-corrected chi connectivity index (χ1v) is 9.00. The first-order chi connectivity index (χ1) is 10.7. The summed E-state index contributed by atoms with van der Waals surface area (Å²) in [5.74, 6) is 1.68. The van der Waals surface area contributed by atoms with Gasteiger partial charge in [0.2, 0.25) is 0 Å². The largest absolute Gasteiger partial charge is 0.491 e. The molecule has 0 amide bonds. The topological polar surface area (TPSA) is 24.5 Å². The molecule has 0 unspecified atom stereocenters. The van der Waals surface area contributed by atoms with Crippen LogP contribution >= 0.6 is 35.6 Å². The summed E-state index contributed by atoms with van der Waals surface area (Å²) >= 11 is 12.0. The van der Waals surface area contributed by atoms with Gasteiger partial charge in [-0.25, -0.2) is 0 Å². The number of hydrogen-bond acceptors (Lipinski definition) is 3. The van der Waals surface area contributed by atoms with Crippen molar-refractivity contribution in [2.24, 2.45) is 5.92 Å². The SMILES string of the molecule is Cl.Clc1ccc(OCCN2CCC(NCC3CC3)CC2)c(Cl)c1. The van der Waals surface area contributed by atoms with Crippen molar-refractivity contribution in [3.8, 4) is 5.75 Å². The molecule has 1 N–H and O–H groups in total. The predicted molar refractivity (Wildman–Crippen MR) is 99.4 cm³/mol. The summed E-state index contributed by atoms with van der Waals surface area (Å²) in [6.45, 7) is 5.15. The Morgan fingerprint density at radius 1 is 1.13 bits per heavy atom. The third-order valence-corrected chi connectivity index (χ3v) is 5.07. The molecule has 1 aromatic carbocycles. The van der Waals surface area contributed by atoms with E-state index >= 15 is 0 Å². The summed E-state index contributed by atoms with van der Waals surface area (Å²) in [5.41, 5.74) is 0. The molecule has 2 aliphatic rings. The molecule has 0 bridgehead atoms. The van der Waals surface area contributed by atoms with Crippen molar-refractivity contribution in [2.75, 3.05) is 32.8 Å². The number of hydrogen-bond donors (Lipinski definition) is 1. The van der Waals surface area contributed by atoms with Gasteiger partial charge in [-0.2, -0.15) is 0 Å². The molecular weight excluding hydrogens is 355 g/mol. The third kappa shape index (κ3) is 6.32. The summed E-state index contributed by atoms with van der Waals surface area (Å²) in [5, 5.41) is 4.93. The van der Waals surface area contributed by atoms with Crippen molar-refractivity contribution in [3.05, 3.63) is 28.2 Å². The average Bonchev–Trinajstić information content (AvgIpc) is 3.33. The van der Waals surface area contributed by atoms with Gasteiger partial charge in [0.05, 0.1) is 5.02 Å². The van der Waals surface area contributed by atoms with Crippen LogP contribution in [0.15, 0.2) is 18.2 Å². The van der Waals surface area contributed by atoms with Gasteiger partial charge in [-0.3, -0.25) is 4.90 Å². The van der Waals surface area contributed by atoms with Gasteiger partial charge in [-0.15, -0.1) is 12.4 Å². The highest BCUT2D eigenvalue weighted by Crippen LogP contribution is 2.28. The van der Waals surface area contributed by atoms with Crippen LogP contribution in [0, 0.1) is 5.92 Å². The number of nitrogens with one attached hydrogen (secondary N) is 1. The van der Waals surface area contributed by atoms with E-state index in [1.165, 1.54) is 32.2 Å². The number of ether oxygens (including phenoxy) is 1. The fourth-order valence-corrected chi connectivity index (χ4v) is 3.36. The highest BCUT2D eigenvalue weighted by Gasteiger charge is 2.24. The van der Waals surface area contributed by atoms with Crippen LogP contribution in [0.4, 0.5) is 0 Å². The third-order valence-electron chi connectivity index (χ3n) is 4.54. The molecule has 1 aliphatic heterocycles. The van der Waals surface area contributed by atoms with Gasteiger partial charge in [0.25, 0.3) is 0 Å². The summed E-state index contributed by atoms with van der Waals surface area (Å²) < 4.78 is 5.76. The maximum atomic E-state index is 6.10. The Hall–Kier alpha value is -0.190. The summed E-state index contributed by atoms with van der Waals surface area (Å²) in [6.07, 6.45) is 5.34. The standard InChI is InChI=1S/C17H24Cl2N2O.ClH/c18-14-3-4-17(16(19)11-14)22-10-9-21-7-5-15(6-8-21)20-12-13-1-2-13;/h3-4,11,13,15,20H,1-2,5-10,12H2;1H. The minimum atomic E-state index is 0. The fourth-order valence-electron chi connectivity index (χ4n) is 2.89. The number of halogens is 3. The van der Waals surface area contributed by atoms with E-state index in [0.29, 0.717) is 28.4 Å². The van der Waals surface area contributed by atoms with Gasteiger partial charge >= 0.3 is 0 Å². The molecular formula is C17H25Cl3N2O. The number of nitrogens with zero attached hydrogens (tertiary/aromatic N) is 1. The highest BCUT2D eigenvalue weighted by molar-refractivity contribution is 6.35. The van der Waals surface area contributed by atoms with Crippen LogP contribution in [0.2, 0.25) is 10.0 Å². The Kier molecular flexibility index (Phi) is 7.77. The Bertz CT molecular complexity index is 489. The number of rotatable bonds is 7. The molecule has 0 radical (unpaired) electrons. The van der Waals surface area contributed by atoms with E-state index in [0.717, 1.165) is 25.6 Å². The molecule has 3 nitrogen and oxygen atoms in total. The van der Waals surface area contributed by atoms with Crippen LogP contribution in [0.25, 0.3) is 0 Å². The highest BCUT2D eigenvalue weighted by atomic mass is 35.5. The molecule has 1 aromatic rings. The second-order valence-corrected chi connectivity index (χ2v) is 7.23. The van der Waals surface area contributed by atoms with Gasteiger partial charge in [-0.05, 0) is 69.4 Å². The fraction of sp³-hybridized carbons (Fsp3) is 0.647. The minimum Gasteiger partial charge on any atom is -0.491 e. The predicted octanol–water partition coefficient (Wildman–Crippen LogP) is 4.26. The van der Waals surface area contributed by atoms with Crippen LogP contribution < -0.4 is 10.1 Å².